The van der Waals surface area contributed by atoms with Crippen LogP contribution >= 0.6 is 0 Å². The standard InChI is InChI=1S/C23H23N3O7/c1-23(10-15-5-8-17-18(9-15)33-13-32-17)21(29)26(22(30)25-23)12-19(27)24-11-14-3-6-16(7-4-14)20(28)31-2/h3-9H,10-13H2,1-2H3,(H,24,27)(H,25,30). The van der Waals surface area contributed by atoms with E-state index in [1.54, 1.807) is 49.4 Å². The average Bonchev–Trinajstić information content (AvgIpc) is 3.35. The fraction of sp³-hybridized carbons (Fsp3) is 0.304. The summed E-state index contributed by atoms with van der Waals surface area (Å²) < 4.78 is 15.3. The van der Waals surface area contributed by atoms with Gasteiger partial charge in [-0.1, -0.05) is 18.2 Å². The van der Waals surface area contributed by atoms with Crippen molar-refractivity contribution in [2.75, 3.05) is 20.4 Å². The molecular formula is C23H23N3O7. The van der Waals surface area contributed by atoms with Crippen LogP contribution in [0.2, 0.25) is 0 Å². The van der Waals surface area contributed by atoms with Gasteiger partial charge in [0.2, 0.25) is 12.7 Å². The van der Waals surface area contributed by atoms with E-state index in [-0.39, 0.29) is 19.8 Å². The zero-order chi connectivity index (χ0) is 23.6. The molecule has 4 rings (SSSR count). The summed E-state index contributed by atoms with van der Waals surface area (Å²) in [5, 5.41) is 5.36. The number of hydrogen-bond donors (Lipinski definition) is 2. The smallest absolute Gasteiger partial charge is 0.337 e. The van der Waals surface area contributed by atoms with Gasteiger partial charge < -0.3 is 24.8 Å². The lowest BCUT2D eigenvalue weighted by molar-refractivity contribution is -0.134. The third-order valence-corrected chi connectivity index (χ3v) is 5.51. The van der Waals surface area contributed by atoms with Crippen molar-refractivity contribution in [2.24, 2.45) is 0 Å². The minimum Gasteiger partial charge on any atom is -0.465 e. The van der Waals surface area contributed by atoms with Crippen LogP contribution in [-0.4, -0.2) is 54.7 Å². The molecule has 10 nitrogen and oxygen atoms in total. The third kappa shape index (κ3) is 4.59. The molecule has 1 atom stereocenters. The van der Waals surface area contributed by atoms with Crippen LogP contribution in [0.5, 0.6) is 11.5 Å². The van der Waals surface area contributed by atoms with Crippen LogP contribution in [0, 0.1) is 0 Å². The Hall–Kier alpha value is -4.08. The number of fused-ring (bicyclic) bond motifs is 1. The van der Waals surface area contributed by atoms with E-state index in [0.717, 1.165) is 16.0 Å². The first-order valence-electron chi connectivity index (χ1n) is 10.3. The number of carbonyl (C=O) groups excluding carboxylic acids is 4. The third-order valence-electron chi connectivity index (χ3n) is 5.51. The number of urea groups is 1. The fourth-order valence-corrected chi connectivity index (χ4v) is 3.75. The number of amides is 4. The summed E-state index contributed by atoms with van der Waals surface area (Å²) in [6.45, 7) is 1.54. The Bertz CT molecular complexity index is 1120. The summed E-state index contributed by atoms with van der Waals surface area (Å²) in [6.07, 6.45) is 0.235. The van der Waals surface area contributed by atoms with Gasteiger partial charge in [-0.2, -0.15) is 0 Å². The first-order valence-corrected chi connectivity index (χ1v) is 10.3. The Morgan fingerprint density at radius 1 is 1.09 bits per heavy atom. The van der Waals surface area contributed by atoms with Crippen molar-refractivity contribution in [1.29, 1.82) is 0 Å². The van der Waals surface area contributed by atoms with Gasteiger partial charge in [0.1, 0.15) is 12.1 Å². The lowest BCUT2D eigenvalue weighted by Crippen LogP contribution is -2.46. The molecule has 1 fully saturated rings. The summed E-state index contributed by atoms with van der Waals surface area (Å²) in [5.41, 5.74) is 0.751. The summed E-state index contributed by atoms with van der Waals surface area (Å²) in [6, 6.07) is 11.3. The normalized spacial score (nSPS) is 18.8. The Morgan fingerprint density at radius 2 is 1.79 bits per heavy atom. The highest BCUT2D eigenvalue weighted by molar-refractivity contribution is 6.09. The van der Waals surface area contributed by atoms with E-state index < -0.39 is 35.9 Å². The number of methoxy groups -OCH3 is 1. The van der Waals surface area contributed by atoms with E-state index in [9.17, 15) is 19.2 Å². The van der Waals surface area contributed by atoms with Gasteiger partial charge in [0.15, 0.2) is 11.5 Å². The largest absolute Gasteiger partial charge is 0.465 e. The highest BCUT2D eigenvalue weighted by Crippen LogP contribution is 2.34. The molecule has 0 radical (unpaired) electrons. The maximum atomic E-state index is 13.0. The molecule has 33 heavy (non-hydrogen) atoms. The number of esters is 1. The zero-order valence-corrected chi connectivity index (χ0v) is 18.2. The molecule has 2 aliphatic heterocycles. The highest BCUT2D eigenvalue weighted by atomic mass is 16.7. The van der Waals surface area contributed by atoms with Gasteiger partial charge in [-0.15, -0.1) is 0 Å². The predicted octanol–water partition coefficient (Wildman–Crippen LogP) is 1.37. The molecule has 172 valence electrons. The Labute approximate surface area is 189 Å². The molecule has 0 saturated carbocycles. The molecule has 2 aliphatic rings. The Balaban J connectivity index is 1.34. The van der Waals surface area contributed by atoms with Crippen molar-refractivity contribution < 1.29 is 33.4 Å². The fourth-order valence-electron chi connectivity index (χ4n) is 3.75. The second kappa shape index (κ2) is 8.81. The van der Waals surface area contributed by atoms with Crippen LogP contribution in [-0.2, 0) is 27.3 Å². The predicted molar refractivity (Wildman–Crippen MR) is 115 cm³/mol. The van der Waals surface area contributed by atoms with Crippen LogP contribution in [0.15, 0.2) is 42.5 Å². The number of ether oxygens (including phenoxy) is 3. The molecule has 1 unspecified atom stereocenters. The summed E-state index contributed by atoms with van der Waals surface area (Å²) in [5.74, 6) is -0.203. The van der Waals surface area contributed by atoms with E-state index in [0.29, 0.717) is 17.1 Å². The molecule has 2 aromatic carbocycles. The Kier molecular flexibility index (Phi) is 5.91. The average molecular weight is 453 g/mol. The number of imide groups is 1. The first kappa shape index (κ1) is 22.1. The zero-order valence-electron chi connectivity index (χ0n) is 18.2. The SMILES string of the molecule is COC(=O)c1ccc(CNC(=O)CN2C(=O)NC(C)(Cc3ccc4c(c3)OCO4)C2=O)cc1. The van der Waals surface area contributed by atoms with E-state index in [1.165, 1.54) is 7.11 Å². The summed E-state index contributed by atoms with van der Waals surface area (Å²) in [4.78, 5) is 50.2. The van der Waals surface area contributed by atoms with Crippen molar-refractivity contribution in [3.05, 3.63) is 59.2 Å². The van der Waals surface area contributed by atoms with Crippen LogP contribution in [0.4, 0.5) is 4.79 Å². The number of carbonyl (C=O) groups is 4. The number of nitrogens with zero attached hydrogens (tertiary/aromatic N) is 1. The molecule has 4 amide bonds. The molecule has 10 heteroatoms. The molecule has 2 aromatic rings. The number of nitrogens with one attached hydrogen (secondary N) is 2. The monoisotopic (exact) mass is 453 g/mol. The van der Waals surface area contributed by atoms with E-state index >= 15 is 0 Å². The van der Waals surface area contributed by atoms with E-state index in [2.05, 4.69) is 15.4 Å². The van der Waals surface area contributed by atoms with Gasteiger partial charge in [0.05, 0.1) is 12.7 Å². The highest BCUT2D eigenvalue weighted by Gasteiger charge is 2.48. The van der Waals surface area contributed by atoms with Crippen molar-refractivity contribution >= 4 is 23.8 Å². The number of rotatable bonds is 7. The molecule has 0 aliphatic carbocycles. The van der Waals surface area contributed by atoms with Crippen molar-refractivity contribution in [1.82, 2.24) is 15.5 Å². The summed E-state index contributed by atoms with van der Waals surface area (Å²) in [7, 11) is 1.30. The maximum absolute atomic E-state index is 13.0. The molecule has 0 spiro atoms. The molecule has 0 aromatic heterocycles. The number of benzene rings is 2. The molecule has 0 bridgehead atoms. The van der Waals surface area contributed by atoms with Crippen LogP contribution in [0.3, 0.4) is 0 Å². The Morgan fingerprint density at radius 3 is 2.52 bits per heavy atom. The topological polar surface area (TPSA) is 123 Å². The van der Waals surface area contributed by atoms with Gasteiger partial charge in [-0.25, -0.2) is 9.59 Å². The second-order valence-corrected chi connectivity index (χ2v) is 7.98. The van der Waals surface area contributed by atoms with Gasteiger partial charge in [-0.3, -0.25) is 14.5 Å². The minimum atomic E-state index is -1.19. The second-order valence-electron chi connectivity index (χ2n) is 7.98. The minimum absolute atomic E-state index is 0.143. The lowest BCUT2D eigenvalue weighted by atomic mass is 9.92. The van der Waals surface area contributed by atoms with Gasteiger partial charge in [-0.05, 0) is 42.3 Å². The van der Waals surface area contributed by atoms with Gasteiger partial charge >= 0.3 is 12.0 Å². The molecule has 2 heterocycles. The molecular weight excluding hydrogens is 430 g/mol. The number of hydrogen-bond acceptors (Lipinski definition) is 7. The maximum Gasteiger partial charge on any atom is 0.337 e. The van der Waals surface area contributed by atoms with Crippen molar-refractivity contribution in [3.8, 4) is 11.5 Å². The van der Waals surface area contributed by atoms with Gasteiger partial charge in [0, 0.05) is 13.0 Å². The quantitative estimate of drug-likeness (QED) is 0.479. The lowest BCUT2D eigenvalue weighted by Gasteiger charge is -2.22. The van der Waals surface area contributed by atoms with Crippen LogP contribution in [0.25, 0.3) is 0 Å². The molecule has 1 saturated heterocycles. The van der Waals surface area contributed by atoms with Crippen LogP contribution < -0.4 is 20.1 Å². The van der Waals surface area contributed by atoms with E-state index in [1.807, 2.05) is 0 Å². The van der Waals surface area contributed by atoms with Crippen molar-refractivity contribution in [3.63, 3.8) is 0 Å². The molecule has 2 N–H and O–H groups in total. The van der Waals surface area contributed by atoms with Crippen molar-refractivity contribution in [2.45, 2.75) is 25.4 Å². The van der Waals surface area contributed by atoms with Gasteiger partial charge in [0.25, 0.3) is 5.91 Å². The summed E-state index contributed by atoms with van der Waals surface area (Å²) >= 11 is 0. The van der Waals surface area contributed by atoms with E-state index in [4.69, 9.17) is 9.47 Å². The first-order chi connectivity index (χ1) is 15.8. The van der Waals surface area contributed by atoms with Crippen LogP contribution in [0.1, 0.15) is 28.4 Å².